The molecule has 1 fully saturated rings. The number of hydrogen-bond acceptors (Lipinski definition) is 2. The number of rotatable bonds is 2. The molecule has 1 aliphatic rings. The molecular formula is C11H11F2NO3. The van der Waals surface area contributed by atoms with Crippen LogP contribution >= 0.6 is 0 Å². The van der Waals surface area contributed by atoms with Gasteiger partial charge in [0.15, 0.2) is 0 Å². The lowest BCUT2D eigenvalue weighted by Crippen LogP contribution is -2.51. The summed E-state index contributed by atoms with van der Waals surface area (Å²) in [5.41, 5.74) is -0.387. The summed E-state index contributed by atoms with van der Waals surface area (Å²) in [6, 6.07) is 3.34. The Morgan fingerprint density at radius 1 is 1.35 bits per heavy atom. The van der Waals surface area contributed by atoms with E-state index >= 15 is 0 Å². The molecule has 0 bridgehead atoms. The van der Waals surface area contributed by atoms with Gasteiger partial charge in [-0.05, 0) is 12.1 Å². The molecule has 1 saturated heterocycles. The Labute approximate surface area is 96.1 Å². The second-order valence-electron chi connectivity index (χ2n) is 4.03. The van der Waals surface area contributed by atoms with Crippen molar-refractivity contribution < 1.29 is 23.8 Å². The van der Waals surface area contributed by atoms with Gasteiger partial charge in [0.2, 0.25) is 0 Å². The first-order chi connectivity index (χ1) is 8.00. The lowest BCUT2D eigenvalue weighted by molar-refractivity contribution is -0.000315. The lowest BCUT2D eigenvalue weighted by Gasteiger charge is -2.39. The SMILES string of the molecule is O=C(O)N1CC(C(O)c2c(F)cccc2F)C1. The van der Waals surface area contributed by atoms with Crippen LogP contribution in [0.5, 0.6) is 0 Å². The van der Waals surface area contributed by atoms with E-state index in [9.17, 15) is 18.7 Å². The molecule has 0 spiro atoms. The molecule has 17 heavy (non-hydrogen) atoms. The van der Waals surface area contributed by atoms with Crippen LogP contribution in [0.1, 0.15) is 11.7 Å². The van der Waals surface area contributed by atoms with Gasteiger partial charge in [-0.2, -0.15) is 0 Å². The number of halogens is 2. The van der Waals surface area contributed by atoms with Gasteiger partial charge < -0.3 is 15.1 Å². The van der Waals surface area contributed by atoms with Crippen molar-refractivity contribution >= 4 is 6.09 Å². The second-order valence-corrected chi connectivity index (χ2v) is 4.03. The van der Waals surface area contributed by atoms with Crippen molar-refractivity contribution in [1.82, 2.24) is 4.90 Å². The first-order valence-corrected chi connectivity index (χ1v) is 5.10. The Bertz CT molecular complexity index is 426. The van der Waals surface area contributed by atoms with Gasteiger partial charge in [0.05, 0.1) is 11.7 Å². The maximum atomic E-state index is 13.3. The summed E-state index contributed by atoms with van der Waals surface area (Å²) in [7, 11) is 0. The number of carbonyl (C=O) groups is 1. The average molecular weight is 243 g/mol. The molecule has 4 nitrogen and oxygen atoms in total. The van der Waals surface area contributed by atoms with Crippen LogP contribution in [0.15, 0.2) is 18.2 Å². The molecule has 1 heterocycles. The van der Waals surface area contributed by atoms with Crippen molar-refractivity contribution in [2.24, 2.45) is 5.92 Å². The van der Waals surface area contributed by atoms with Crippen LogP contribution < -0.4 is 0 Å². The predicted octanol–water partition coefficient (Wildman–Crippen LogP) is 1.61. The molecule has 0 saturated carbocycles. The number of nitrogens with zero attached hydrogens (tertiary/aromatic N) is 1. The summed E-state index contributed by atoms with van der Waals surface area (Å²) in [4.78, 5) is 11.6. The predicted molar refractivity (Wildman–Crippen MR) is 54.4 cm³/mol. The zero-order valence-corrected chi connectivity index (χ0v) is 8.81. The summed E-state index contributed by atoms with van der Waals surface area (Å²) in [6.07, 6.45) is -2.41. The zero-order valence-electron chi connectivity index (χ0n) is 8.81. The van der Waals surface area contributed by atoms with Crippen molar-refractivity contribution in [3.8, 4) is 0 Å². The van der Waals surface area contributed by atoms with Gasteiger partial charge in [-0.1, -0.05) is 6.07 Å². The molecule has 1 unspecified atom stereocenters. The van der Waals surface area contributed by atoms with Crippen LogP contribution in [0, 0.1) is 17.6 Å². The van der Waals surface area contributed by atoms with Crippen LogP contribution in [0.3, 0.4) is 0 Å². The molecule has 6 heteroatoms. The van der Waals surface area contributed by atoms with Crippen LogP contribution in [0.4, 0.5) is 13.6 Å². The summed E-state index contributed by atoms with van der Waals surface area (Å²) >= 11 is 0. The maximum Gasteiger partial charge on any atom is 0.407 e. The van der Waals surface area contributed by atoms with E-state index in [1.54, 1.807) is 0 Å². The highest BCUT2D eigenvalue weighted by atomic mass is 19.1. The van der Waals surface area contributed by atoms with E-state index in [1.165, 1.54) is 6.07 Å². The van der Waals surface area contributed by atoms with E-state index in [-0.39, 0.29) is 18.7 Å². The zero-order chi connectivity index (χ0) is 12.6. The molecule has 0 radical (unpaired) electrons. The first-order valence-electron chi connectivity index (χ1n) is 5.10. The van der Waals surface area contributed by atoms with Crippen molar-refractivity contribution in [2.45, 2.75) is 6.10 Å². The Morgan fingerprint density at radius 2 is 1.88 bits per heavy atom. The number of amides is 1. The van der Waals surface area contributed by atoms with Crippen molar-refractivity contribution in [2.75, 3.05) is 13.1 Å². The number of aliphatic hydroxyl groups excluding tert-OH is 1. The van der Waals surface area contributed by atoms with Gasteiger partial charge in [-0.15, -0.1) is 0 Å². The van der Waals surface area contributed by atoms with Crippen LogP contribution in [-0.4, -0.2) is 34.3 Å². The molecule has 0 aliphatic carbocycles. The minimum absolute atomic E-state index is 0.0876. The highest BCUT2D eigenvalue weighted by molar-refractivity contribution is 5.66. The third-order valence-electron chi connectivity index (χ3n) is 2.92. The maximum absolute atomic E-state index is 13.3. The van der Waals surface area contributed by atoms with Crippen LogP contribution in [-0.2, 0) is 0 Å². The Balaban J connectivity index is 2.11. The monoisotopic (exact) mass is 243 g/mol. The molecule has 1 atom stereocenters. The van der Waals surface area contributed by atoms with Gasteiger partial charge in [0.25, 0.3) is 0 Å². The fourth-order valence-electron chi connectivity index (χ4n) is 1.90. The van der Waals surface area contributed by atoms with Gasteiger partial charge in [-0.25, -0.2) is 13.6 Å². The topological polar surface area (TPSA) is 60.8 Å². The summed E-state index contributed by atoms with van der Waals surface area (Å²) in [5.74, 6) is -2.09. The fourth-order valence-corrected chi connectivity index (χ4v) is 1.90. The molecule has 92 valence electrons. The van der Waals surface area contributed by atoms with E-state index in [2.05, 4.69) is 0 Å². The number of carboxylic acid groups (broad SMARTS) is 1. The summed E-state index contributed by atoms with van der Waals surface area (Å²) in [5, 5.41) is 18.4. The molecule has 1 amide bonds. The van der Waals surface area contributed by atoms with Crippen molar-refractivity contribution in [3.05, 3.63) is 35.4 Å². The van der Waals surface area contributed by atoms with Crippen LogP contribution in [0.2, 0.25) is 0 Å². The number of likely N-dealkylation sites (tertiary alicyclic amines) is 1. The smallest absolute Gasteiger partial charge is 0.407 e. The van der Waals surface area contributed by atoms with Gasteiger partial charge in [0.1, 0.15) is 11.6 Å². The van der Waals surface area contributed by atoms with E-state index in [4.69, 9.17) is 5.11 Å². The van der Waals surface area contributed by atoms with E-state index < -0.39 is 29.7 Å². The van der Waals surface area contributed by atoms with Crippen molar-refractivity contribution in [1.29, 1.82) is 0 Å². The Morgan fingerprint density at radius 3 is 2.35 bits per heavy atom. The van der Waals surface area contributed by atoms with Gasteiger partial charge >= 0.3 is 6.09 Å². The van der Waals surface area contributed by atoms with Crippen LogP contribution in [0.25, 0.3) is 0 Å². The van der Waals surface area contributed by atoms with Gasteiger partial charge in [0, 0.05) is 19.0 Å². The largest absolute Gasteiger partial charge is 0.465 e. The van der Waals surface area contributed by atoms with E-state index in [0.29, 0.717) is 0 Å². The third-order valence-corrected chi connectivity index (χ3v) is 2.92. The molecule has 2 N–H and O–H groups in total. The minimum Gasteiger partial charge on any atom is -0.465 e. The van der Waals surface area contributed by atoms with Crippen molar-refractivity contribution in [3.63, 3.8) is 0 Å². The lowest BCUT2D eigenvalue weighted by atomic mass is 9.89. The highest BCUT2D eigenvalue weighted by Gasteiger charge is 2.38. The van der Waals surface area contributed by atoms with E-state index in [1.807, 2.05) is 0 Å². The fraction of sp³-hybridized carbons (Fsp3) is 0.364. The first kappa shape index (κ1) is 11.8. The normalized spacial score (nSPS) is 17.7. The number of hydrogen-bond donors (Lipinski definition) is 2. The molecule has 2 rings (SSSR count). The number of aliphatic hydroxyl groups is 1. The highest BCUT2D eigenvalue weighted by Crippen LogP contribution is 2.32. The standard InChI is InChI=1S/C11H11F2NO3/c12-7-2-1-3-8(13)9(7)10(15)6-4-14(5-6)11(16)17/h1-3,6,10,15H,4-5H2,(H,16,17). The quantitative estimate of drug-likeness (QED) is 0.829. The molecule has 0 aromatic heterocycles. The Kier molecular flexibility index (Phi) is 2.97. The molecule has 1 aromatic rings. The van der Waals surface area contributed by atoms with Gasteiger partial charge in [-0.3, -0.25) is 0 Å². The summed E-state index contributed by atoms with van der Waals surface area (Å²) < 4.78 is 26.7. The van der Waals surface area contributed by atoms with E-state index in [0.717, 1.165) is 17.0 Å². The third kappa shape index (κ3) is 2.08. The number of benzene rings is 1. The minimum atomic E-state index is -1.31. The summed E-state index contributed by atoms with van der Waals surface area (Å²) in [6.45, 7) is 0.175. The molecule has 1 aliphatic heterocycles. The molecular weight excluding hydrogens is 232 g/mol. The molecule has 1 aromatic carbocycles. The average Bonchev–Trinajstić information content (AvgIpc) is 2.13. The Hall–Kier alpha value is -1.69. The second kappa shape index (κ2) is 4.29.